The van der Waals surface area contributed by atoms with Crippen LogP contribution in [0.2, 0.25) is 0 Å². The fraction of sp³-hybridized carbons (Fsp3) is 0.300. The maximum absolute atomic E-state index is 9.81. The number of hydrogen-bond donors (Lipinski definition) is 2. The van der Waals surface area contributed by atoms with E-state index in [1.165, 1.54) is 6.33 Å². The van der Waals surface area contributed by atoms with Crippen molar-refractivity contribution in [3.05, 3.63) is 41.7 Å². The SMILES string of the molecule is C.COc1cc2ncnc(N3CCc4cc(O)c(O)cc4C3)c2cc1OC. The Labute approximate surface area is 157 Å². The minimum atomic E-state index is -0.107. The van der Waals surface area contributed by atoms with Gasteiger partial charge in [0.15, 0.2) is 23.0 Å². The molecule has 0 spiro atoms. The minimum absolute atomic E-state index is 0. The van der Waals surface area contributed by atoms with Crippen LogP contribution in [0.1, 0.15) is 18.6 Å². The van der Waals surface area contributed by atoms with Crippen LogP contribution < -0.4 is 14.4 Å². The highest BCUT2D eigenvalue weighted by Gasteiger charge is 2.22. The van der Waals surface area contributed by atoms with Crippen molar-refractivity contribution < 1.29 is 19.7 Å². The standard InChI is InChI=1S/C19H19N3O4.CH4/c1-25-17-7-13-14(8-18(17)26-2)20-10-21-19(13)22-4-3-11-5-15(23)16(24)6-12(11)9-22;/h5-8,10,23-24H,3-4,9H2,1-2H3;1H4. The second kappa shape index (κ2) is 7.19. The molecule has 0 atom stereocenters. The Morgan fingerprint density at radius 2 is 1.59 bits per heavy atom. The van der Waals surface area contributed by atoms with Gasteiger partial charge in [0.05, 0.1) is 19.7 Å². The third kappa shape index (κ3) is 3.16. The number of hydrogen-bond acceptors (Lipinski definition) is 7. The van der Waals surface area contributed by atoms with E-state index in [2.05, 4.69) is 14.9 Å². The molecule has 2 heterocycles. The van der Waals surface area contributed by atoms with E-state index in [1.54, 1.807) is 26.4 Å². The van der Waals surface area contributed by atoms with Crippen LogP contribution in [0, 0.1) is 0 Å². The lowest BCUT2D eigenvalue weighted by Gasteiger charge is -2.30. The van der Waals surface area contributed by atoms with Gasteiger partial charge in [-0.1, -0.05) is 7.43 Å². The molecule has 7 heteroatoms. The first kappa shape index (κ1) is 18.6. The number of fused-ring (bicyclic) bond motifs is 2. The Balaban J connectivity index is 0.00000210. The zero-order valence-electron chi connectivity index (χ0n) is 14.6. The Bertz CT molecular complexity index is 991. The topological polar surface area (TPSA) is 87.9 Å². The molecule has 27 heavy (non-hydrogen) atoms. The van der Waals surface area contributed by atoms with Gasteiger partial charge < -0.3 is 24.6 Å². The summed E-state index contributed by atoms with van der Waals surface area (Å²) in [5, 5.41) is 20.4. The Hall–Kier alpha value is -3.22. The molecule has 2 aromatic carbocycles. The zero-order valence-corrected chi connectivity index (χ0v) is 14.6. The quantitative estimate of drug-likeness (QED) is 0.685. The van der Waals surface area contributed by atoms with Crippen LogP contribution in [0.25, 0.3) is 10.9 Å². The fourth-order valence-electron chi connectivity index (χ4n) is 3.39. The number of methoxy groups -OCH3 is 2. The largest absolute Gasteiger partial charge is 0.504 e. The van der Waals surface area contributed by atoms with Gasteiger partial charge in [0.1, 0.15) is 12.1 Å². The van der Waals surface area contributed by atoms with Gasteiger partial charge in [-0.2, -0.15) is 0 Å². The maximum Gasteiger partial charge on any atom is 0.162 e. The number of ether oxygens (including phenoxy) is 2. The van der Waals surface area contributed by atoms with E-state index in [4.69, 9.17) is 9.47 Å². The summed E-state index contributed by atoms with van der Waals surface area (Å²) in [5.41, 5.74) is 2.78. The third-order valence-electron chi connectivity index (χ3n) is 4.73. The van der Waals surface area contributed by atoms with E-state index in [1.807, 2.05) is 12.1 Å². The van der Waals surface area contributed by atoms with E-state index in [9.17, 15) is 10.2 Å². The smallest absolute Gasteiger partial charge is 0.162 e. The number of benzene rings is 2. The second-order valence-corrected chi connectivity index (χ2v) is 6.20. The summed E-state index contributed by atoms with van der Waals surface area (Å²) in [7, 11) is 3.19. The normalized spacial score (nSPS) is 13.0. The molecule has 142 valence electrons. The molecule has 0 aliphatic carbocycles. The van der Waals surface area contributed by atoms with Gasteiger partial charge in [0.2, 0.25) is 0 Å². The van der Waals surface area contributed by atoms with Gasteiger partial charge in [0.25, 0.3) is 0 Å². The van der Waals surface area contributed by atoms with Crippen molar-refractivity contribution in [1.82, 2.24) is 9.97 Å². The van der Waals surface area contributed by atoms with Crippen LogP contribution in [0.3, 0.4) is 0 Å². The van der Waals surface area contributed by atoms with Crippen molar-refractivity contribution >= 4 is 16.7 Å². The predicted molar refractivity (Wildman–Crippen MR) is 104 cm³/mol. The summed E-state index contributed by atoms with van der Waals surface area (Å²) >= 11 is 0. The van der Waals surface area contributed by atoms with Crippen molar-refractivity contribution in [1.29, 1.82) is 0 Å². The van der Waals surface area contributed by atoms with Crippen molar-refractivity contribution in [2.75, 3.05) is 25.7 Å². The lowest BCUT2D eigenvalue weighted by atomic mass is 9.98. The molecule has 3 aromatic rings. The summed E-state index contributed by atoms with van der Waals surface area (Å²) in [5.74, 6) is 1.85. The molecule has 0 amide bonds. The molecule has 0 radical (unpaired) electrons. The molecular formula is C20H23N3O4. The highest BCUT2D eigenvalue weighted by Crippen LogP contribution is 2.37. The van der Waals surface area contributed by atoms with Gasteiger partial charge in [-0.15, -0.1) is 0 Å². The number of aromatic hydroxyl groups is 2. The van der Waals surface area contributed by atoms with Crippen LogP contribution in [-0.2, 0) is 13.0 Å². The lowest BCUT2D eigenvalue weighted by Crippen LogP contribution is -2.31. The van der Waals surface area contributed by atoms with Crippen LogP contribution in [0.4, 0.5) is 5.82 Å². The molecule has 0 unspecified atom stereocenters. The molecule has 0 bridgehead atoms. The van der Waals surface area contributed by atoms with Crippen LogP contribution in [0.15, 0.2) is 30.6 Å². The Morgan fingerprint density at radius 3 is 2.30 bits per heavy atom. The van der Waals surface area contributed by atoms with Gasteiger partial charge >= 0.3 is 0 Å². The molecule has 0 saturated heterocycles. The molecule has 2 N–H and O–H groups in total. The first-order valence-corrected chi connectivity index (χ1v) is 8.26. The van der Waals surface area contributed by atoms with Gasteiger partial charge in [0, 0.05) is 24.5 Å². The first-order chi connectivity index (χ1) is 12.6. The third-order valence-corrected chi connectivity index (χ3v) is 4.73. The van der Waals surface area contributed by atoms with Crippen molar-refractivity contribution in [3.63, 3.8) is 0 Å². The highest BCUT2D eigenvalue weighted by atomic mass is 16.5. The number of rotatable bonds is 3. The number of nitrogens with zero attached hydrogens (tertiary/aromatic N) is 3. The van der Waals surface area contributed by atoms with E-state index >= 15 is 0 Å². The second-order valence-electron chi connectivity index (χ2n) is 6.20. The summed E-state index contributed by atoms with van der Waals surface area (Å²) in [6.45, 7) is 1.33. The average Bonchev–Trinajstić information content (AvgIpc) is 2.67. The van der Waals surface area contributed by atoms with Gasteiger partial charge in [-0.3, -0.25) is 0 Å². The summed E-state index contributed by atoms with van der Waals surface area (Å²) in [6, 6.07) is 6.96. The van der Waals surface area contributed by atoms with E-state index in [-0.39, 0.29) is 18.9 Å². The van der Waals surface area contributed by atoms with E-state index in [0.29, 0.717) is 18.0 Å². The Morgan fingerprint density at radius 1 is 0.926 bits per heavy atom. The molecule has 1 aromatic heterocycles. The number of phenols is 2. The summed E-state index contributed by atoms with van der Waals surface area (Å²) in [6.07, 6.45) is 2.29. The molecule has 0 fully saturated rings. The molecule has 1 aliphatic heterocycles. The lowest BCUT2D eigenvalue weighted by molar-refractivity contribution is 0.356. The van der Waals surface area contributed by atoms with Gasteiger partial charge in [-0.05, 0) is 35.7 Å². The van der Waals surface area contributed by atoms with Crippen molar-refractivity contribution in [3.8, 4) is 23.0 Å². The number of phenolic OH excluding ortho intramolecular Hbond substituents is 2. The maximum atomic E-state index is 9.81. The van der Waals surface area contributed by atoms with Crippen LogP contribution in [0.5, 0.6) is 23.0 Å². The van der Waals surface area contributed by atoms with Crippen molar-refractivity contribution in [2.24, 2.45) is 0 Å². The minimum Gasteiger partial charge on any atom is -0.504 e. The molecule has 7 nitrogen and oxygen atoms in total. The van der Waals surface area contributed by atoms with Gasteiger partial charge in [-0.25, -0.2) is 9.97 Å². The van der Waals surface area contributed by atoms with Crippen LogP contribution >= 0.6 is 0 Å². The fourth-order valence-corrected chi connectivity index (χ4v) is 3.39. The first-order valence-electron chi connectivity index (χ1n) is 8.26. The molecule has 4 rings (SSSR count). The number of aromatic nitrogens is 2. The predicted octanol–water partition coefficient (Wildman–Crippen LogP) is 3.26. The summed E-state index contributed by atoms with van der Waals surface area (Å²) < 4.78 is 10.8. The monoisotopic (exact) mass is 369 g/mol. The van der Waals surface area contributed by atoms with Crippen LogP contribution in [-0.4, -0.2) is 40.9 Å². The number of anilines is 1. The molecule has 0 saturated carbocycles. The Kier molecular flexibility index (Phi) is 4.94. The molecular weight excluding hydrogens is 346 g/mol. The van der Waals surface area contributed by atoms with Crippen molar-refractivity contribution in [2.45, 2.75) is 20.4 Å². The molecule has 1 aliphatic rings. The summed E-state index contributed by atoms with van der Waals surface area (Å²) in [4.78, 5) is 11.0. The zero-order chi connectivity index (χ0) is 18.3. The average molecular weight is 369 g/mol. The van der Waals surface area contributed by atoms with E-state index < -0.39 is 0 Å². The van der Waals surface area contributed by atoms with E-state index in [0.717, 1.165) is 40.8 Å². The highest BCUT2D eigenvalue weighted by molar-refractivity contribution is 5.92.